The third-order valence-electron chi connectivity index (χ3n) is 6.74. The van der Waals surface area contributed by atoms with Gasteiger partial charge in [-0.2, -0.15) is 5.57 Å². The van der Waals surface area contributed by atoms with Crippen molar-refractivity contribution in [3.05, 3.63) is 130 Å². The number of aromatic hydroxyl groups is 2. The van der Waals surface area contributed by atoms with Crippen molar-refractivity contribution in [2.24, 2.45) is 5.92 Å². The second kappa shape index (κ2) is 14.4. The van der Waals surface area contributed by atoms with Gasteiger partial charge in [0.1, 0.15) is 11.5 Å². The van der Waals surface area contributed by atoms with E-state index in [2.05, 4.69) is 71.2 Å². The zero-order chi connectivity index (χ0) is 26.2. The van der Waals surface area contributed by atoms with Crippen LogP contribution >= 0.6 is 0 Å². The molecule has 4 heteroatoms. The summed E-state index contributed by atoms with van der Waals surface area (Å²) in [5.41, 5.74) is 10.0. The fourth-order valence-corrected chi connectivity index (χ4v) is 6.17. The summed E-state index contributed by atoms with van der Waals surface area (Å²) in [4.78, 5) is 0. The fourth-order valence-electron chi connectivity index (χ4n) is 4.73. The van der Waals surface area contributed by atoms with Crippen LogP contribution in [0.1, 0.15) is 34.1 Å². The maximum atomic E-state index is 8.63. The van der Waals surface area contributed by atoms with Crippen LogP contribution < -0.4 is 0 Å². The van der Waals surface area contributed by atoms with Crippen LogP contribution in [0.3, 0.4) is 0 Å². The molecule has 0 saturated heterocycles. The smallest absolute Gasteiger partial charge is 0.115 e. The number of fused-ring (bicyclic) bond motifs is 1. The molecule has 1 atom stereocenters. The molecule has 0 radical (unpaired) electrons. The number of allylic oxidation sites excluding steroid dienone is 12. The number of rotatable bonds is 1. The summed E-state index contributed by atoms with van der Waals surface area (Å²) in [6.07, 6.45) is 13.9. The molecule has 0 aromatic heterocycles. The quantitative estimate of drug-likeness (QED) is 0.238. The van der Waals surface area contributed by atoms with Crippen LogP contribution in [0.25, 0.3) is 0 Å². The van der Waals surface area contributed by atoms with Crippen molar-refractivity contribution in [3.8, 4) is 11.5 Å². The molecular weight excluding hydrogens is 635 g/mol. The van der Waals surface area contributed by atoms with E-state index in [1.54, 1.807) is 53.7 Å². The van der Waals surface area contributed by atoms with E-state index in [-0.39, 0.29) is 25.8 Å². The topological polar surface area (TPSA) is 40.5 Å². The van der Waals surface area contributed by atoms with Crippen LogP contribution in [-0.4, -0.2) is 23.8 Å². The zero-order valence-corrected chi connectivity index (χ0v) is 27.4. The van der Waals surface area contributed by atoms with Crippen molar-refractivity contribution in [2.45, 2.75) is 47.2 Å². The van der Waals surface area contributed by atoms with Crippen LogP contribution in [0.15, 0.2) is 124 Å². The van der Waals surface area contributed by atoms with Gasteiger partial charge in [0.25, 0.3) is 0 Å². The standard InChI is InChI=1S/C21H25Si.2C6H6O.Hf/c1-13-10-11-18(15(13)3)20-14(2)12-17-8-7-9-19(22(5)6)16(4)21(17)20;2*7-6-4-2-1-3-5-6;/h7-10,16H,11H2,1-6H3;2*1-5,7H;/q-1;;;. The minimum atomic E-state index is -0.436. The SMILES string of the molecule is CC1=[C-]C2=CC=CC(=[Si](C)C)C(C)C2=C1C1=C(C)C(C)=CC1.Oc1ccccc1.Oc1ccccc1.[Hf]. The first-order chi connectivity index (χ1) is 17.2. The Balaban J connectivity index is 0.000000262. The van der Waals surface area contributed by atoms with Gasteiger partial charge in [-0.25, -0.2) is 0 Å². The Morgan fingerprint density at radius 1 is 0.865 bits per heavy atom. The summed E-state index contributed by atoms with van der Waals surface area (Å²) in [7, 11) is -0.436. The van der Waals surface area contributed by atoms with Gasteiger partial charge in [-0.05, 0) is 50.5 Å². The first-order valence-corrected chi connectivity index (χ1v) is 15.0. The monoisotopic (exact) mass is 673 g/mol. The molecule has 0 fully saturated rings. The molecule has 0 aliphatic heterocycles. The molecule has 0 bridgehead atoms. The van der Waals surface area contributed by atoms with E-state index >= 15 is 0 Å². The number of hydrogen-bond acceptors (Lipinski definition) is 2. The van der Waals surface area contributed by atoms with E-state index in [9.17, 15) is 0 Å². The predicted molar refractivity (Wildman–Crippen MR) is 156 cm³/mol. The molecule has 1 unspecified atom stereocenters. The van der Waals surface area contributed by atoms with Crippen molar-refractivity contribution in [3.63, 3.8) is 0 Å². The van der Waals surface area contributed by atoms with Crippen molar-refractivity contribution >= 4 is 13.6 Å². The first-order valence-electron chi connectivity index (χ1n) is 12.5. The molecule has 2 nitrogen and oxygen atoms in total. The largest absolute Gasteiger partial charge is 0.508 e. The van der Waals surface area contributed by atoms with Gasteiger partial charge in [-0.15, -0.1) is 34.9 Å². The van der Waals surface area contributed by atoms with Gasteiger partial charge in [-0.1, -0.05) is 97.4 Å². The van der Waals surface area contributed by atoms with Crippen LogP contribution in [0, 0.1) is 12.0 Å². The summed E-state index contributed by atoms with van der Waals surface area (Å²) in [5, 5.41) is 18.9. The average molecular weight is 672 g/mol. The Bertz CT molecular complexity index is 1270. The maximum Gasteiger partial charge on any atom is 0.115 e. The Hall–Kier alpha value is -2.56. The number of phenols is 2. The molecule has 2 aromatic carbocycles. The van der Waals surface area contributed by atoms with Crippen molar-refractivity contribution in [1.29, 1.82) is 0 Å². The van der Waals surface area contributed by atoms with Gasteiger partial charge in [0.2, 0.25) is 0 Å². The minimum Gasteiger partial charge on any atom is -0.508 e. The first kappa shape index (κ1) is 30.7. The van der Waals surface area contributed by atoms with Crippen LogP contribution in [0.2, 0.25) is 13.1 Å². The van der Waals surface area contributed by atoms with Crippen molar-refractivity contribution in [2.75, 3.05) is 0 Å². The molecule has 190 valence electrons. The van der Waals surface area contributed by atoms with Gasteiger partial charge in [0.15, 0.2) is 0 Å². The van der Waals surface area contributed by atoms with Crippen LogP contribution in [0.4, 0.5) is 0 Å². The normalized spacial score (nSPS) is 17.7. The van der Waals surface area contributed by atoms with E-state index in [4.69, 9.17) is 10.2 Å². The zero-order valence-electron chi connectivity index (χ0n) is 22.8. The second-order valence-corrected chi connectivity index (χ2v) is 12.1. The van der Waals surface area contributed by atoms with Crippen LogP contribution in [-0.2, 0) is 25.8 Å². The molecule has 0 saturated carbocycles. The summed E-state index contributed by atoms with van der Waals surface area (Å²) in [5.74, 6) is 1.15. The summed E-state index contributed by atoms with van der Waals surface area (Å²) in [6, 6.07) is 17.4. The average Bonchev–Trinajstić information content (AvgIpc) is 3.29. The Labute approximate surface area is 243 Å². The van der Waals surface area contributed by atoms with Crippen molar-refractivity contribution < 1.29 is 36.1 Å². The van der Waals surface area contributed by atoms with E-state index in [0.717, 1.165) is 6.42 Å². The molecule has 3 aliphatic carbocycles. The second-order valence-electron chi connectivity index (χ2n) is 9.52. The summed E-state index contributed by atoms with van der Waals surface area (Å²) in [6.45, 7) is 13.9. The number of benzene rings is 2. The van der Waals surface area contributed by atoms with Crippen LogP contribution in [0.5, 0.6) is 11.5 Å². The van der Waals surface area contributed by atoms with E-state index in [0.29, 0.717) is 17.4 Å². The third kappa shape index (κ3) is 7.96. The Morgan fingerprint density at radius 3 is 1.81 bits per heavy atom. The fraction of sp³-hybridized carbons (Fsp3) is 0.242. The molecule has 5 rings (SSSR count). The van der Waals surface area contributed by atoms with E-state index in [1.165, 1.54) is 39.0 Å². The molecule has 2 N–H and O–H groups in total. The van der Waals surface area contributed by atoms with Gasteiger partial charge in [0.05, 0.1) is 0 Å². The van der Waals surface area contributed by atoms with Gasteiger partial charge in [0, 0.05) is 34.3 Å². The Morgan fingerprint density at radius 2 is 1.41 bits per heavy atom. The number of para-hydroxylation sites is 2. The number of hydrogen-bond donors (Lipinski definition) is 2. The van der Waals surface area contributed by atoms with Crippen molar-refractivity contribution in [1.82, 2.24) is 0 Å². The minimum absolute atomic E-state index is 0. The van der Waals surface area contributed by atoms with E-state index < -0.39 is 8.41 Å². The molecule has 0 amide bonds. The summed E-state index contributed by atoms with van der Waals surface area (Å²) >= 11 is 0. The maximum absolute atomic E-state index is 8.63. The third-order valence-corrected chi connectivity index (χ3v) is 8.50. The summed E-state index contributed by atoms with van der Waals surface area (Å²) < 4.78 is 0. The predicted octanol–water partition coefficient (Wildman–Crippen LogP) is 8.14. The van der Waals surface area contributed by atoms with Gasteiger partial charge >= 0.3 is 0 Å². The molecule has 2 aromatic rings. The van der Waals surface area contributed by atoms with E-state index in [1.807, 2.05) is 12.1 Å². The molecular formula is C33H37HfO2Si-. The molecule has 3 aliphatic rings. The van der Waals surface area contributed by atoms with Gasteiger partial charge < -0.3 is 10.2 Å². The molecule has 0 heterocycles. The Kier molecular flexibility index (Phi) is 11.9. The van der Waals surface area contributed by atoms with Gasteiger partial charge in [-0.3, -0.25) is 0 Å². The molecule has 37 heavy (non-hydrogen) atoms. The molecule has 0 spiro atoms. The number of phenolic OH excluding ortho intramolecular Hbond substituents is 2.